The van der Waals surface area contributed by atoms with Gasteiger partial charge in [0.05, 0.1) is 29.4 Å². The predicted octanol–water partition coefficient (Wildman–Crippen LogP) is 5.94. The Hall–Kier alpha value is -6.06. The van der Waals surface area contributed by atoms with Crippen molar-refractivity contribution in [1.29, 1.82) is 0 Å². The number of aromatic hydroxyl groups is 1. The van der Waals surface area contributed by atoms with E-state index in [4.69, 9.17) is 15.5 Å². The number of rotatable bonds is 8. The molecule has 0 spiro atoms. The number of benzene rings is 2. The van der Waals surface area contributed by atoms with Gasteiger partial charge in [0, 0.05) is 87.5 Å². The number of hydrogen-bond donors (Lipinski definition) is 3. The van der Waals surface area contributed by atoms with E-state index in [-0.39, 0.29) is 36.2 Å². The standard InChI is InChI=1S/C47H54N10O5/c1-28-22-57(45-37(28)19-35(21-49-45)56-18-15-43(59)50-47(56)61)34-13-16-53(17-14-34)26-38-32-11-12-33(38)25-55(24-32)46(60)31-9-7-30(8-10-31)42-27-54(23-29(2)62-42)40-20-39(51-52-44(40)48)36-5-3-4-6-41(36)58/h3-10,19-22,29,32-34,38,42,58H,11-18,23-27H2,1-2H3,(H2,48,52)(H,50,59,61)/t29-,32-,33+,38?,42-/m0/s1. The number of nitrogens with two attached hydrogens (primary N) is 1. The number of fused-ring (bicyclic) bond motifs is 3. The molecule has 4 aliphatic heterocycles. The minimum Gasteiger partial charge on any atom is -0.507 e. The summed E-state index contributed by atoms with van der Waals surface area (Å²) in [6.07, 6.45) is 8.36. The molecule has 2 aromatic carbocycles. The molecule has 3 aromatic heterocycles. The molecule has 4 amide bonds. The molecule has 2 bridgehead atoms. The number of amides is 4. The number of imide groups is 1. The number of carbonyl (C=O) groups excluding carboxylic acids is 3. The van der Waals surface area contributed by atoms with Crippen LogP contribution in [0.25, 0.3) is 22.3 Å². The highest BCUT2D eigenvalue weighted by Gasteiger charge is 2.44. The molecule has 10 rings (SSSR count). The highest BCUT2D eigenvalue weighted by molar-refractivity contribution is 6.06. The third-order valence-corrected chi connectivity index (χ3v) is 14.1. The molecule has 15 heteroatoms. The maximum atomic E-state index is 14.0. The number of urea groups is 1. The second-order valence-corrected chi connectivity index (χ2v) is 18.0. The van der Waals surface area contributed by atoms with Gasteiger partial charge in [-0.05, 0) is 105 Å². The summed E-state index contributed by atoms with van der Waals surface area (Å²) in [5.74, 6) is 1.92. The zero-order valence-electron chi connectivity index (χ0n) is 35.3. The van der Waals surface area contributed by atoms with Crippen molar-refractivity contribution in [2.24, 2.45) is 17.8 Å². The summed E-state index contributed by atoms with van der Waals surface area (Å²) in [5.41, 5.74) is 12.7. The zero-order chi connectivity index (χ0) is 42.6. The molecule has 15 nitrogen and oxygen atoms in total. The topological polar surface area (TPSA) is 175 Å². The van der Waals surface area contributed by atoms with Gasteiger partial charge in [-0.3, -0.25) is 19.8 Å². The third-order valence-electron chi connectivity index (χ3n) is 14.1. The Balaban J connectivity index is 0.741. The molecule has 4 saturated heterocycles. The van der Waals surface area contributed by atoms with E-state index in [1.54, 1.807) is 29.3 Å². The number of morpholine rings is 1. The summed E-state index contributed by atoms with van der Waals surface area (Å²) in [5, 5.41) is 22.4. The van der Waals surface area contributed by atoms with Crippen molar-refractivity contribution in [2.75, 3.05) is 67.9 Å². The van der Waals surface area contributed by atoms with Crippen molar-refractivity contribution in [1.82, 2.24) is 34.9 Å². The first-order chi connectivity index (χ1) is 30.1. The van der Waals surface area contributed by atoms with Crippen LogP contribution in [0.2, 0.25) is 0 Å². The van der Waals surface area contributed by atoms with Crippen LogP contribution in [0, 0.1) is 24.7 Å². The lowest BCUT2D eigenvalue weighted by Crippen LogP contribution is -2.49. The maximum absolute atomic E-state index is 14.0. The summed E-state index contributed by atoms with van der Waals surface area (Å²) >= 11 is 0. The van der Waals surface area contributed by atoms with E-state index in [0.717, 1.165) is 73.4 Å². The number of para-hydroxylation sites is 1. The lowest BCUT2D eigenvalue weighted by Gasteiger charge is -2.42. The SMILES string of the molecule is Cc1cn(C2CCN(CC3[C@@H]4CC[C@H]3CN(C(=O)c3ccc([C@@H]5CN(c6cc(-c7ccccc7O)nnc6N)C[C@H](C)O5)cc3)C4)CC2)c2ncc(N3CCC(=O)NC3=O)cc12. The van der Waals surface area contributed by atoms with E-state index in [2.05, 4.69) is 47.9 Å². The lowest BCUT2D eigenvalue weighted by atomic mass is 9.84. The van der Waals surface area contributed by atoms with Crippen molar-refractivity contribution in [3.05, 3.63) is 89.7 Å². The second kappa shape index (κ2) is 16.3. The van der Waals surface area contributed by atoms with Gasteiger partial charge in [0.1, 0.15) is 17.5 Å². The van der Waals surface area contributed by atoms with E-state index in [1.807, 2.05) is 49.4 Å². The average molecular weight is 839 g/mol. The number of ether oxygens (including phenoxy) is 1. The third kappa shape index (κ3) is 7.61. The summed E-state index contributed by atoms with van der Waals surface area (Å²) in [6.45, 7) is 10.4. The van der Waals surface area contributed by atoms with Crippen LogP contribution in [0.3, 0.4) is 0 Å². The van der Waals surface area contributed by atoms with Crippen LogP contribution in [-0.2, 0) is 9.53 Å². The van der Waals surface area contributed by atoms with Gasteiger partial charge in [-0.25, -0.2) is 9.78 Å². The second-order valence-electron chi connectivity index (χ2n) is 18.0. The van der Waals surface area contributed by atoms with E-state index in [9.17, 15) is 19.5 Å². The van der Waals surface area contributed by atoms with Crippen LogP contribution in [-0.4, -0.2) is 111 Å². The molecule has 5 atom stereocenters. The van der Waals surface area contributed by atoms with Gasteiger partial charge in [-0.2, -0.15) is 0 Å². The van der Waals surface area contributed by atoms with Crippen LogP contribution >= 0.6 is 0 Å². The van der Waals surface area contributed by atoms with Crippen LogP contribution in [0.4, 0.5) is 22.0 Å². The summed E-state index contributed by atoms with van der Waals surface area (Å²) in [6, 6.07) is 18.8. The largest absolute Gasteiger partial charge is 0.507 e. The number of aryl methyl sites for hydroxylation is 1. The first-order valence-corrected chi connectivity index (χ1v) is 22.1. The normalized spacial score (nSPS) is 24.8. The maximum Gasteiger partial charge on any atom is 0.328 e. The number of nitrogens with zero attached hydrogens (tertiary/aromatic N) is 8. The van der Waals surface area contributed by atoms with Crippen molar-refractivity contribution >= 4 is 46.1 Å². The van der Waals surface area contributed by atoms with Gasteiger partial charge in [-0.1, -0.05) is 24.3 Å². The minimum absolute atomic E-state index is 0.0805. The number of nitrogens with one attached hydrogen (secondary N) is 1. The number of piperidine rings is 2. The molecule has 62 heavy (non-hydrogen) atoms. The molecular formula is C47H54N10O5. The molecule has 5 fully saturated rings. The monoisotopic (exact) mass is 838 g/mol. The molecule has 4 N–H and O–H groups in total. The van der Waals surface area contributed by atoms with Crippen LogP contribution in [0.1, 0.15) is 72.7 Å². The summed E-state index contributed by atoms with van der Waals surface area (Å²) < 4.78 is 8.75. The van der Waals surface area contributed by atoms with E-state index >= 15 is 0 Å². The van der Waals surface area contributed by atoms with Gasteiger partial charge >= 0.3 is 6.03 Å². The smallest absolute Gasteiger partial charge is 0.328 e. The number of hydrogen-bond acceptors (Lipinski definition) is 11. The molecular weight excluding hydrogens is 785 g/mol. The van der Waals surface area contributed by atoms with Gasteiger partial charge in [0.25, 0.3) is 5.91 Å². The Labute approximate surface area is 360 Å². The highest BCUT2D eigenvalue weighted by atomic mass is 16.5. The number of likely N-dealkylation sites (tertiary alicyclic amines) is 2. The first kappa shape index (κ1) is 40.0. The van der Waals surface area contributed by atoms with Crippen molar-refractivity contribution in [3.8, 4) is 17.0 Å². The van der Waals surface area contributed by atoms with E-state index in [1.165, 1.54) is 12.8 Å². The van der Waals surface area contributed by atoms with Gasteiger partial charge in [0.15, 0.2) is 5.82 Å². The first-order valence-electron chi connectivity index (χ1n) is 22.1. The average Bonchev–Trinajstić information content (AvgIpc) is 3.72. The number of aromatic nitrogens is 4. The molecule has 1 unspecified atom stereocenters. The van der Waals surface area contributed by atoms with Crippen molar-refractivity contribution < 1.29 is 24.2 Å². The van der Waals surface area contributed by atoms with E-state index < -0.39 is 6.03 Å². The molecule has 322 valence electrons. The summed E-state index contributed by atoms with van der Waals surface area (Å²) in [7, 11) is 0. The molecule has 5 aliphatic rings. The van der Waals surface area contributed by atoms with Gasteiger partial charge in [-0.15, -0.1) is 10.2 Å². The number of anilines is 3. The van der Waals surface area contributed by atoms with Gasteiger partial charge < -0.3 is 34.8 Å². The van der Waals surface area contributed by atoms with Crippen LogP contribution in [0.15, 0.2) is 73.1 Å². The molecule has 0 radical (unpaired) electrons. The summed E-state index contributed by atoms with van der Waals surface area (Å²) in [4.78, 5) is 51.5. The predicted molar refractivity (Wildman–Crippen MR) is 236 cm³/mol. The number of nitrogen functional groups attached to an aromatic ring is 1. The number of phenolic OH excluding ortho intramolecular Hbond substituents is 1. The number of carbonyl (C=O) groups is 3. The fraction of sp³-hybridized carbons (Fsp3) is 0.447. The number of pyridine rings is 1. The fourth-order valence-corrected chi connectivity index (χ4v) is 10.8. The Kier molecular flexibility index (Phi) is 10.5. The Morgan fingerprint density at radius 2 is 1.69 bits per heavy atom. The van der Waals surface area contributed by atoms with Gasteiger partial charge in [0.2, 0.25) is 5.91 Å². The van der Waals surface area contributed by atoms with Crippen molar-refractivity contribution in [3.63, 3.8) is 0 Å². The van der Waals surface area contributed by atoms with E-state index in [0.29, 0.717) is 71.8 Å². The van der Waals surface area contributed by atoms with Crippen molar-refractivity contribution in [2.45, 2.75) is 64.2 Å². The lowest BCUT2D eigenvalue weighted by molar-refractivity contribution is -0.120. The van der Waals surface area contributed by atoms with Crippen LogP contribution in [0.5, 0.6) is 5.75 Å². The molecule has 7 heterocycles. The van der Waals surface area contributed by atoms with Crippen LogP contribution < -0.4 is 20.9 Å². The number of phenols is 1. The highest BCUT2D eigenvalue weighted by Crippen LogP contribution is 2.44. The minimum atomic E-state index is -0.396. The Morgan fingerprint density at radius 3 is 2.44 bits per heavy atom. The molecule has 1 saturated carbocycles. The quantitative estimate of drug-likeness (QED) is 0.169. The zero-order valence-corrected chi connectivity index (χ0v) is 35.3. The Morgan fingerprint density at radius 1 is 0.935 bits per heavy atom. The molecule has 1 aliphatic carbocycles. The fourth-order valence-electron chi connectivity index (χ4n) is 10.8. The Bertz CT molecular complexity index is 2500. The molecule has 5 aromatic rings.